The number of para-hydroxylation sites is 1. The largest absolute Gasteiger partial charge is 0.309 e. The Morgan fingerprint density at radius 3 is 2.04 bits per heavy atom. The Labute approximate surface area is 396 Å². The number of allylic oxidation sites excluding steroid dienone is 12. The first-order valence-corrected chi connectivity index (χ1v) is 24.1. The zero-order valence-corrected chi connectivity index (χ0v) is 37.6. The Kier molecular flexibility index (Phi) is 8.88. The molecule has 9 aromatic carbocycles. The van der Waals surface area contributed by atoms with Crippen LogP contribution in [0.2, 0.25) is 0 Å². The molecule has 2 heteroatoms. The average Bonchev–Trinajstić information content (AvgIpc) is 3.74. The van der Waals surface area contributed by atoms with Gasteiger partial charge in [-0.05, 0) is 133 Å². The minimum atomic E-state index is 0.230. The van der Waals surface area contributed by atoms with E-state index in [0.29, 0.717) is 5.92 Å². The zero-order chi connectivity index (χ0) is 44.7. The Morgan fingerprint density at radius 2 is 1.18 bits per heavy atom. The number of fused-ring (bicyclic) bond motifs is 11. The van der Waals surface area contributed by atoms with Gasteiger partial charge in [0, 0.05) is 39.4 Å². The molecule has 0 saturated heterocycles. The minimum Gasteiger partial charge on any atom is -0.309 e. The van der Waals surface area contributed by atoms with Crippen LogP contribution in [0.5, 0.6) is 0 Å². The SMILES string of the molecule is C1=CC2=CC(N(c3cccc(-n4c5ccccc5c5cc(-c6c7c(c(-c8ccccc8)c8ccccc68)C=CCC7)ccc54)c3)c3cc4ccccc4c4ccccc34)=C3C=CC=CC3C2C=C1. The van der Waals surface area contributed by atoms with Gasteiger partial charge in [-0.1, -0.05) is 194 Å². The molecule has 1 heterocycles. The van der Waals surface area contributed by atoms with Gasteiger partial charge in [-0.2, -0.15) is 0 Å². The Balaban J connectivity index is 0.991. The maximum absolute atomic E-state index is 2.55. The van der Waals surface area contributed by atoms with Crippen LogP contribution in [-0.2, 0) is 6.42 Å². The molecule has 0 fully saturated rings. The molecule has 14 rings (SSSR count). The summed E-state index contributed by atoms with van der Waals surface area (Å²) in [7, 11) is 0. The molecular formula is C66H46N2. The lowest BCUT2D eigenvalue weighted by Crippen LogP contribution is -2.28. The van der Waals surface area contributed by atoms with E-state index < -0.39 is 0 Å². The van der Waals surface area contributed by atoms with Crippen LogP contribution >= 0.6 is 0 Å². The van der Waals surface area contributed by atoms with E-state index in [4.69, 9.17) is 0 Å². The lowest BCUT2D eigenvalue weighted by atomic mass is 9.72. The normalized spacial score (nSPS) is 17.0. The van der Waals surface area contributed by atoms with Crippen molar-refractivity contribution in [1.29, 1.82) is 0 Å². The van der Waals surface area contributed by atoms with Crippen LogP contribution in [0.25, 0.3) is 88.1 Å². The molecule has 1 aromatic heterocycles. The topological polar surface area (TPSA) is 8.17 Å². The highest BCUT2D eigenvalue weighted by Gasteiger charge is 2.33. The Hall–Kier alpha value is -8.46. The van der Waals surface area contributed by atoms with Crippen molar-refractivity contribution < 1.29 is 0 Å². The summed E-state index contributed by atoms with van der Waals surface area (Å²) >= 11 is 0. The maximum atomic E-state index is 2.55. The summed E-state index contributed by atoms with van der Waals surface area (Å²) in [6.07, 6.45) is 27.5. The second-order valence-corrected chi connectivity index (χ2v) is 18.6. The van der Waals surface area contributed by atoms with Gasteiger partial charge in [-0.15, -0.1) is 0 Å². The van der Waals surface area contributed by atoms with Crippen LogP contribution in [0.1, 0.15) is 17.5 Å². The molecule has 0 saturated carbocycles. The first-order valence-electron chi connectivity index (χ1n) is 24.1. The highest BCUT2D eigenvalue weighted by atomic mass is 15.2. The van der Waals surface area contributed by atoms with Crippen molar-refractivity contribution in [1.82, 2.24) is 4.57 Å². The number of nitrogens with zero attached hydrogens (tertiary/aromatic N) is 2. The van der Waals surface area contributed by atoms with E-state index in [1.54, 1.807) is 0 Å². The third-order valence-corrected chi connectivity index (χ3v) is 15.0. The van der Waals surface area contributed by atoms with E-state index in [-0.39, 0.29) is 5.92 Å². The van der Waals surface area contributed by atoms with Crippen LogP contribution in [0.15, 0.2) is 254 Å². The van der Waals surface area contributed by atoms with Crippen molar-refractivity contribution >= 4 is 71.6 Å². The van der Waals surface area contributed by atoms with E-state index in [2.05, 4.69) is 252 Å². The van der Waals surface area contributed by atoms with Crippen molar-refractivity contribution in [2.24, 2.45) is 11.8 Å². The summed E-state index contributed by atoms with van der Waals surface area (Å²) in [6, 6.07) is 65.6. The summed E-state index contributed by atoms with van der Waals surface area (Å²) in [6.45, 7) is 0. The lowest BCUT2D eigenvalue weighted by molar-refractivity contribution is 0.606. The summed E-state index contributed by atoms with van der Waals surface area (Å²) in [5, 5.41) is 10.1. The van der Waals surface area contributed by atoms with Gasteiger partial charge in [0.1, 0.15) is 0 Å². The number of anilines is 2. The van der Waals surface area contributed by atoms with Gasteiger partial charge in [0.25, 0.3) is 0 Å². The standard InChI is InChI=1S/C66H46N2/c1-2-19-43(20-3-1)65-56-32-12-14-34-58(56)66(59-35-15-13-33-57(59)65)46-37-38-62-60(39-46)55-31-16-17-36-61(55)67(62)47-23-18-24-48(42-47)68(63-40-44-21-4-6-25-49(44)51-27-8-10-29-53(51)63)64-41-45-22-5-7-26-50(45)52-28-9-11-30-54(52)64/h1-14,16-34,36-42,49,51H,15,35H2. The Morgan fingerprint density at radius 1 is 0.471 bits per heavy atom. The molecule has 0 N–H and O–H groups in total. The molecule has 2 atom stereocenters. The summed E-state index contributed by atoms with van der Waals surface area (Å²) in [4.78, 5) is 2.55. The van der Waals surface area contributed by atoms with Crippen LogP contribution in [0, 0.1) is 11.8 Å². The van der Waals surface area contributed by atoms with Gasteiger partial charge in [0.05, 0.1) is 22.4 Å². The third kappa shape index (κ3) is 5.97. The predicted molar refractivity (Wildman–Crippen MR) is 289 cm³/mol. The molecule has 4 aliphatic carbocycles. The quantitative estimate of drug-likeness (QED) is 0.151. The van der Waals surface area contributed by atoms with E-state index in [0.717, 1.165) is 24.2 Å². The monoisotopic (exact) mass is 866 g/mol. The van der Waals surface area contributed by atoms with Gasteiger partial charge in [0.15, 0.2) is 0 Å². The molecule has 0 bridgehead atoms. The zero-order valence-electron chi connectivity index (χ0n) is 37.6. The highest BCUT2D eigenvalue weighted by Crippen LogP contribution is 2.49. The molecule has 0 aliphatic heterocycles. The van der Waals surface area contributed by atoms with E-state index in [1.807, 2.05) is 0 Å². The van der Waals surface area contributed by atoms with Crippen molar-refractivity contribution in [3.05, 3.63) is 265 Å². The molecule has 0 amide bonds. The summed E-state index contributed by atoms with van der Waals surface area (Å²) in [5.74, 6) is 0.527. The van der Waals surface area contributed by atoms with Gasteiger partial charge in [-0.3, -0.25) is 0 Å². The van der Waals surface area contributed by atoms with Gasteiger partial charge >= 0.3 is 0 Å². The molecule has 0 spiro atoms. The smallest absolute Gasteiger partial charge is 0.0546 e. The number of aromatic nitrogens is 1. The third-order valence-electron chi connectivity index (χ3n) is 15.0. The fraction of sp³-hybridized carbons (Fsp3) is 0.0606. The maximum Gasteiger partial charge on any atom is 0.0546 e. The van der Waals surface area contributed by atoms with Crippen LogP contribution in [0.4, 0.5) is 11.4 Å². The highest BCUT2D eigenvalue weighted by molar-refractivity contribution is 6.16. The molecule has 2 nitrogen and oxygen atoms in total. The molecule has 2 unspecified atom stereocenters. The minimum absolute atomic E-state index is 0.230. The van der Waals surface area contributed by atoms with E-state index in [9.17, 15) is 0 Å². The average molecular weight is 867 g/mol. The Bertz CT molecular complexity index is 3980. The fourth-order valence-electron chi connectivity index (χ4n) is 12.0. The van der Waals surface area contributed by atoms with Crippen molar-refractivity contribution in [3.63, 3.8) is 0 Å². The molecule has 10 aromatic rings. The number of hydrogen-bond donors (Lipinski definition) is 0. The lowest BCUT2D eigenvalue weighted by Gasteiger charge is -2.38. The molecule has 68 heavy (non-hydrogen) atoms. The number of hydrogen-bond acceptors (Lipinski definition) is 1. The molecule has 320 valence electrons. The van der Waals surface area contributed by atoms with Gasteiger partial charge < -0.3 is 9.47 Å². The molecule has 4 aliphatic rings. The number of benzene rings is 9. The first-order chi connectivity index (χ1) is 33.8. The van der Waals surface area contributed by atoms with Crippen molar-refractivity contribution in [2.45, 2.75) is 12.8 Å². The summed E-state index contributed by atoms with van der Waals surface area (Å²) < 4.78 is 2.48. The van der Waals surface area contributed by atoms with E-state index in [1.165, 1.54) is 110 Å². The van der Waals surface area contributed by atoms with Crippen LogP contribution in [-0.4, -0.2) is 4.57 Å². The van der Waals surface area contributed by atoms with Crippen molar-refractivity contribution in [3.8, 4) is 27.9 Å². The second-order valence-electron chi connectivity index (χ2n) is 18.6. The van der Waals surface area contributed by atoms with Gasteiger partial charge in [0.2, 0.25) is 0 Å². The van der Waals surface area contributed by atoms with Crippen molar-refractivity contribution in [2.75, 3.05) is 4.90 Å². The van der Waals surface area contributed by atoms with Crippen LogP contribution in [0.3, 0.4) is 0 Å². The van der Waals surface area contributed by atoms with E-state index >= 15 is 0 Å². The van der Waals surface area contributed by atoms with Gasteiger partial charge in [-0.25, -0.2) is 0 Å². The molecule has 0 radical (unpaired) electrons. The predicted octanol–water partition coefficient (Wildman–Crippen LogP) is 17.4. The number of rotatable bonds is 6. The first kappa shape index (κ1) is 38.8. The molecular weight excluding hydrogens is 821 g/mol. The summed E-state index contributed by atoms with van der Waals surface area (Å²) in [5.41, 5.74) is 17.7. The fourth-order valence-corrected chi connectivity index (χ4v) is 12.0. The van der Waals surface area contributed by atoms with Crippen LogP contribution < -0.4 is 4.90 Å². The second kappa shape index (κ2) is 15.6.